The Labute approximate surface area is 208 Å². The van der Waals surface area contributed by atoms with Crippen molar-refractivity contribution >= 4 is 35.0 Å². The van der Waals surface area contributed by atoms with Crippen molar-refractivity contribution in [3.8, 4) is 0 Å². The molecule has 0 aromatic heterocycles. The van der Waals surface area contributed by atoms with Crippen molar-refractivity contribution in [3.05, 3.63) is 54.1 Å². The van der Waals surface area contributed by atoms with Gasteiger partial charge in [0.25, 0.3) is 11.7 Å². The molecule has 0 radical (unpaired) electrons. The van der Waals surface area contributed by atoms with Gasteiger partial charge in [0.05, 0.1) is 11.3 Å². The fourth-order valence-electron chi connectivity index (χ4n) is 6.55. The van der Waals surface area contributed by atoms with Crippen LogP contribution in [-0.2, 0) is 9.53 Å². The standard InChI is InChI=1S/C27H30F2N2O3S/c1-16(24(32)31-27-13-17-10-18(14-27)12-19(11-17)15-27)34-25(33)22-4-2-3-5-23(22)30-20-6-8-21(9-7-20)35-26(28)29/h2-9,16-19,26,30H,10-15H2,1H3,(H,31,32)/t16-,17?,18?,19?,27?/m0/s1. The fourth-order valence-corrected chi connectivity index (χ4v) is 7.05. The Balaban J connectivity index is 1.22. The van der Waals surface area contributed by atoms with Gasteiger partial charge in [0, 0.05) is 16.1 Å². The number of halogens is 2. The van der Waals surface area contributed by atoms with Gasteiger partial charge in [-0.15, -0.1) is 0 Å². The summed E-state index contributed by atoms with van der Waals surface area (Å²) < 4.78 is 30.7. The quantitative estimate of drug-likeness (QED) is 0.325. The topological polar surface area (TPSA) is 67.4 Å². The van der Waals surface area contributed by atoms with E-state index in [-0.39, 0.29) is 11.4 Å². The lowest BCUT2D eigenvalue weighted by atomic mass is 9.53. The van der Waals surface area contributed by atoms with Crippen LogP contribution >= 0.6 is 11.8 Å². The molecule has 4 bridgehead atoms. The number of para-hydroxylation sites is 1. The van der Waals surface area contributed by atoms with Gasteiger partial charge in [-0.25, -0.2) is 4.79 Å². The molecule has 0 aliphatic heterocycles. The van der Waals surface area contributed by atoms with Crippen molar-refractivity contribution in [3.63, 3.8) is 0 Å². The highest BCUT2D eigenvalue weighted by Gasteiger charge is 2.51. The molecule has 0 heterocycles. The first-order valence-corrected chi connectivity index (χ1v) is 13.1. The lowest BCUT2D eigenvalue weighted by molar-refractivity contribution is -0.134. The molecule has 4 fully saturated rings. The number of nitrogens with one attached hydrogen (secondary N) is 2. The molecule has 4 saturated carbocycles. The van der Waals surface area contributed by atoms with Gasteiger partial charge in [0.1, 0.15) is 0 Å². The van der Waals surface area contributed by atoms with Crippen LogP contribution in [0.4, 0.5) is 20.2 Å². The van der Waals surface area contributed by atoms with Gasteiger partial charge >= 0.3 is 5.97 Å². The third-order valence-corrected chi connectivity index (χ3v) is 8.31. The number of benzene rings is 2. The summed E-state index contributed by atoms with van der Waals surface area (Å²) in [6.07, 6.45) is 6.06. The predicted molar refractivity (Wildman–Crippen MR) is 132 cm³/mol. The van der Waals surface area contributed by atoms with Gasteiger partial charge in [0.2, 0.25) is 0 Å². The predicted octanol–water partition coefficient (Wildman–Crippen LogP) is 6.38. The number of esters is 1. The number of alkyl halides is 2. The Bertz CT molecular complexity index is 1060. The van der Waals surface area contributed by atoms with Crippen molar-refractivity contribution in [1.29, 1.82) is 0 Å². The average molecular weight is 501 g/mol. The second-order valence-corrected chi connectivity index (χ2v) is 11.4. The number of hydrogen-bond acceptors (Lipinski definition) is 5. The van der Waals surface area contributed by atoms with E-state index in [1.165, 1.54) is 19.3 Å². The highest BCUT2D eigenvalue weighted by atomic mass is 32.2. The third-order valence-electron chi connectivity index (χ3n) is 7.59. The van der Waals surface area contributed by atoms with E-state index in [0.717, 1.165) is 19.3 Å². The molecule has 8 heteroatoms. The molecule has 6 rings (SSSR count). The number of rotatable bonds is 8. The van der Waals surface area contributed by atoms with Crippen molar-refractivity contribution in [2.24, 2.45) is 17.8 Å². The Morgan fingerprint density at radius 3 is 2.17 bits per heavy atom. The highest BCUT2D eigenvalue weighted by molar-refractivity contribution is 7.99. The van der Waals surface area contributed by atoms with E-state index in [4.69, 9.17) is 4.74 Å². The summed E-state index contributed by atoms with van der Waals surface area (Å²) >= 11 is 0.478. The van der Waals surface area contributed by atoms with Crippen LogP contribution < -0.4 is 10.6 Å². The molecular formula is C27H30F2N2O3S. The van der Waals surface area contributed by atoms with E-state index in [2.05, 4.69) is 10.6 Å². The number of carbonyl (C=O) groups excluding carboxylic acids is 2. The van der Waals surface area contributed by atoms with Gasteiger partial charge < -0.3 is 15.4 Å². The van der Waals surface area contributed by atoms with Gasteiger partial charge in [-0.3, -0.25) is 4.79 Å². The van der Waals surface area contributed by atoms with Crippen LogP contribution in [0, 0.1) is 17.8 Å². The van der Waals surface area contributed by atoms with Gasteiger partial charge in [-0.2, -0.15) is 8.78 Å². The zero-order chi connectivity index (χ0) is 24.6. The summed E-state index contributed by atoms with van der Waals surface area (Å²) in [4.78, 5) is 26.5. The molecular weight excluding hydrogens is 470 g/mol. The van der Waals surface area contributed by atoms with Crippen molar-refractivity contribution in [2.45, 2.75) is 67.7 Å². The SMILES string of the molecule is C[C@H](OC(=O)c1ccccc1Nc1ccc(SC(F)F)cc1)C(=O)NC12CC3CC(CC(C3)C1)C2. The monoisotopic (exact) mass is 500 g/mol. The van der Waals surface area contributed by atoms with Gasteiger partial charge in [-0.05, 0) is 99.6 Å². The van der Waals surface area contributed by atoms with Gasteiger partial charge in [0.15, 0.2) is 6.10 Å². The normalized spacial score (nSPS) is 27.5. The number of amides is 1. The van der Waals surface area contributed by atoms with Crippen LogP contribution in [0.3, 0.4) is 0 Å². The zero-order valence-electron chi connectivity index (χ0n) is 19.6. The molecule has 0 unspecified atom stereocenters. The van der Waals surface area contributed by atoms with E-state index in [9.17, 15) is 18.4 Å². The van der Waals surface area contributed by atoms with E-state index in [1.807, 2.05) is 0 Å². The van der Waals surface area contributed by atoms with E-state index < -0.39 is 17.8 Å². The highest BCUT2D eigenvalue weighted by Crippen LogP contribution is 2.55. The van der Waals surface area contributed by atoms with E-state index >= 15 is 0 Å². The van der Waals surface area contributed by atoms with Crippen molar-refractivity contribution in [1.82, 2.24) is 5.32 Å². The second kappa shape index (κ2) is 9.80. The third kappa shape index (κ3) is 5.47. The first kappa shape index (κ1) is 24.1. The number of hydrogen-bond donors (Lipinski definition) is 2. The van der Waals surface area contributed by atoms with Crippen LogP contribution in [0.1, 0.15) is 55.8 Å². The maximum absolute atomic E-state index is 13.0. The molecule has 35 heavy (non-hydrogen) atoms. The van der Waals surface area contributed by atoms with Crippen molar-refractivity contribution < 1.29 is 23.1 Å². The molecule has 0 spiro atoms. The Hall–Kier alpha value is -2.61. The number of thioether (sulfide) groups is 1. The average Bonchev–Trinajstić information content (AvgIpc) is 2.79. The lowest BCUT2D eigenvalue weighted by Gasteiger charge is -2.57. The van der Waals surface area contributed by atoms with Crippen LogP contribution in [0.15, 0.2) is 53.4 Å². The summed E-state index contributed by atoms with van der Waals surface area (Å²) in [6.45, 7) is 1.61. The van der Waals surface area contributed by atoms with E-state index in [1.54, 1.807) is 55.5 Å². The van der Waals surface area contributed by atoms with Gasteiger partial charge in [-0.1, -0.05) is 23.9 Å². The Morgan fingerprint density at radius 2 is 1.57 bits per heavy atom. The van der Waals surface area contributed by atoms with Crippen LogP contribution in [0.2, 0.25) is 0 Å². The molecule has 1 atom stereocenters. The molecule has 5 nitrogen and oxygen atoms in total. The number of ether oxygens (including phenoxy) is 1. The minimum absolute atomic E-state index is 0.138. The summed E-state index contributed by atoms with van der Waals surface area (Å²) in [5, 5.41) is 6.41. The largest absolute Gasteiger partial charge is 0.449 e. The summed E-state index contributed by atoms with van der Waals surface area (Å²) in [5.41, 5.74) is 1.32. The fraction of sp³-hybridized carbons (Fsp3) is 0.481. The molecule has 4 aliphatic carbocycles. The molecule has 2 aromatic rings. The first-order chi connectivity index (χ1) is 16.8. The van der Waals surface area contributed by atoms with E-state index in [0.29, 0.717) is 51.3 Å². The van der Waals surface area contributed by atoms with Crippen LogP contribution in [-0.4, -0.2) is 29.3 Å². The number of carbonyl (C=O) groups is 2. The summed E-state index contributed by atoms with van der Waals surface area (Å²) in [5.74, 6) is -1.18. The second-order valence-electron chi connectivity index (χ2n) is 10.3. The first-order valence-electron chi connectivity index (χ1n) is 12.2. The van der Waals surface area contributed by atoms with Crippen molar-refractivity contribution in [2.75, 3.05) is 5.32 Å². The zero-order valence-corrected chi connectivity index (χ0v) is 20.5. The molecule has 2 N–H and O–H groups in total. The van der Waals surface area contributed by atoms with Crippen LogP contribution in [0.25, 0.3) is 0 Å². The molecule has 186 valence electrons. The van der Waals surface area contributed by atoms with Crippen LogP contribution in [0.5, 0.6) is 0 Å². The molecule has 1 amide bonds. The summed E-state index contributed by atoms with van der Waals surface area (Å²) in [7, 11) is 0. The molecule has 2 aromatic carbocycles. The Morgan fingerprint density at radius 1 is 0.971 bits per heavy atom. The minimum atomic E-state index is -2.48. The minimum Gasteiger partial charge on any atom is -0.449 e. The maximum atomic E-state index is 13.0. The molecule has 0 saturated heterocycles. The summed E-state index contributed by atoms with van der Waals surface area (Å²) in [6, 6.07) is 13.4. The lowest BCUT2D eigenvalue weighted by Crippen LogP contribution is -2.61. The number of anilines is 2. The molecule has 4 aliphatic rings. The smallest absolute Gasteiger partial charge is 0.341 e. The maximum Gasteiger partial charge on any atom is 0.341 e. The Kier molecular flexibility index (Phi) is 6.75.